The zero-order valence-corrected chi connectivity index (χ0v) is 12.9. The second-order valence-corrected chi connectivity index (χ2v) is 7.64. The van der Waals surface area contributed by atoms with Crippen LogP contribution >= 0.6 is 11.3 Å². The molecule has 0 aromatic carbocycles. The average Bonchev–Trinajstić information content (AvgIpc) is 2.77. The van der Waals surface area contributed by atoms with Gasteiger partial charge in [0.2, 0.25) is 0 Å². The number of hydrogen-bond acceptors (Lipinski definition) is 3. The van der Waals surface area contributed by atoms with Crippen LogP contribution in [0.3, 0.4) is 0 Å². The molecule has 0 bridgehead atoms. The van der Waals surface area contributed by atoms with Gasteiger partial charge in [0.15, 0.2) is 0 Å². The molecule has 0 spiro atoms. The molecule has 0 saturated heterocycles. The molecule has 2 atom stereocenters. The summed E-state index contributed by atoms with van der Waals surface area (Å²) in [5.74, 6) is -1.30. The van der Waals surface area contributed by atoms with Crippen molar-refractivity contribution in [2.24, 2.45) is 11.7 Å². The fourth-order valence-electron chi connectivity index (χ4n) is 2.63. The van der Waals surface area contributed by atoms with E-state index < -0.39 is 17.6 Å². The summed E-state index contributed by atoms with van der Waals surface area (Å²) in [7, 11) is 0. The number of hydrogen-bond donors (Lipinski definition) is 1. The normalized spacial score (nSPS) is 28.6. The molecular weight excluding hydrogens is 285 g/mol. The first-order valence-corrected chi connectivity index (χ1v) is 7.72. The fraction of sp³-hybridized carbons (Fsp3) is 0.786. The van der Waals surface area contributed by atoms with Gasteiger partial charge in [0, 0.05) is 10.8 Å². The largest absolute Gasteiger partial charge is 0.391 e. The van der Waals surface area contributed by atoms with Gasteiger partial charge in [-0.05, 0) is 19.3 Å². The summed E-state index contributed by atoms with van der Waals surface area (Å²) in [6.45, 7) is 6.11. The molecule has 2 N–H and O–H groups in total. The van der Waals surface area contributed by atoms with Crippen molar-refractivity contribution >= 4 is 11.3 Å². The summed E-state index contributed by atoms with van der Waals surface area (Å²) >= 11 is 1.39. The maximum absolute atomic E-state index is 12.9. The number of nitrogens with two attached hydrogens (primary N) is 1. The van der Waals surface area contributed by atoms with Gasteiger partial charge in [-0.3, -0.25) is 0 Å². The van der Waals surface area contributed by atoms with Gasteiger partial charge in [-0.25, -0.2) is 4.98 Å². The van der Waals surface area contributed by atoms with E-state index in [2.05, 4.69) is 4.98 Å². The van der Waals surface area contributed by atoms with Crippen LogP contribution in [0.25, 0.3) is 0 Å². The number of halogens is 3. The Balaban J connectivity index is 2.24. The van der Waals surface area contributed by atoms with Crippen molar-refractivity contribution < 1.29 is 13.2 Å². The molecule has 2 rings (SSSR count). The molecule has 114 valence electrons. The SMILES string of the molecule is CC(C)(C)c1csc(C2(N)CCCC(C(F)(F)F)C2)n1. The molecule has 6 heteroatoms. The molecule has 0 aliphatic heterocycles. The first kappa shape index (κ1) is 15.8. The Morgan fingerprint density at radius 3 is 2.50 bits per heavy atom. The van der Waals surface area contributed by atoms with Crippen LogP contribution in [0.4, 0.5) is 13.2 Å². The molecule has 0 radical (unpaired) electrons. The molecule has 1 aliphatic carbocycles. The fourth-order valence-corrected chi connectivity index (χ4v) is 3.83. The van der Waals surface area contributed by atoms with Gasteiger partial charge < -0.3 is 5.73 Å². The van der Waals surface area contributed by atoms with E-state index in [-0.39, 0.29) is 18.3 Å². The molecule has 20 heavy (non-hydrogen) atoms. The molecule has 2 nitrogen and oxygen atoms in total. The molecule has 1 saturated carbocycles. The zero-order chi connectivity index (χ0) is 15.2. The highest BCUT2D eigenvalue weighted by molar-refractivity contribution is 7.09. The van der Waals surface area contributed by atoms with Crippen molar-refractivity contribution in [3.8, 4) is 0 Å². The van der Waals surface area contributed by atoms with Crippen LogP contribution in [0.2, 0.25) is 0 Å². The van der Waals surface area contributed by atoms with E-state index in [1.165, 1.54) is 11.3 Å². The summed E-state index contributed by atoms with van der Waals surface area (Å²) in [4.78, 5) is 4.52. The minimum absolute atomic E-state index is 0.0480. The Labute approximate surface area is 121 Å². The van der Waals surface area contributed by atoms with Crippen molar-refractivity contribution in [1.82, 2.24) is 4.98 Å². The quantitative estimate of drug-likeness (QED) is 0.838. The molecule has 1 aromatic heterocycles. The molecule has 1 aromatic rings. The third-order valence-electron chi connectivity index (χ3n) is 3.95. The van der Waals surface area contributed by atoms with E-state index >= 15 is 0 Å². The lowest BCUT2D eigenvalue weighted by atomic mass is 9.76. The zero-order valence-electron chi connectivity index (χ0n) is 12.0. The summed E-state index contributed by atoms with van der Waals surface area (Å²) in [5, 5.41) is 2.57. The van der Waals surface area contributed by atoms with Crippen LogP contribution in [0, 0.1) is 5.92 Å². The first-order chi connectivity index (χ1) is 9.02. The first-order valence-electron chi connectivity index (χ1n) is 6.84. The average molecular weight is 306 g/mol. The third-order valence-corrected chi connectivity index (χ3v) is 5.01. The van der Waals surface area contributed by atoms with Crippen molar-refractivity contribution in [2.45, 2.75) is 63.6 Å². The minimum atomic E-state index is -4.16. The topological polar surface area (TPSA) is 38.9 Å². The summed E-state index contributed by atoms with van der Waals surface area (Å²) in [5.41, 5.74) is 6.14. The van der Waals surface area contributed by atoms with E-state index in [4.69, 9.17) is 5.73 Å². The van der Waals surface area contributed by atoms with Crippen LogP contribution in [0.5, 0.6) is 0 Å². The number of alkyl halides is 3. The summed E-state index contributed by atoms with van der Waals surface area (Å²) in [6.07, 6.45) is -2.94. The maximum atomic E-state index is 12.9. The predicted octanol–water partition coefficient (Wildman–Crippen LogP) is 4.35. The van der Waals surface area contributed by atoms with Crippen LogP contribution in [-0.2, 0) is 11.0 Å². The lowest BCUT2D eigenvalue weighted by molar-refractivity contribution is -0.187. The third kappa shape index (κ3) is 3.17. The van der Waals surface area contributed by atoms with Gasteiger partial charge >= 0.3 is 6.18 Å². The number of nitrogens with zero attached hydrogens (tertiary/aromatic N) is 1. The van der Waals surface area contributed by atoms with Crippen molar-refractivity contribution in [3.63, 3.8) is 0 Å². The van der Waals surface area contributed by atoms with E-state index in [0.717, 1.165) is 5.69 Å². The van der Waals surface area contributed by atoms with E-state index in [1.807, 2.05) is 26.2 Å². The van der Waals surface area contributed by atoms with E-state index in [9.17, 15) is 13.2 Å². The van der Waals surface area contributed by atoms with Crippen LogP contribution < -0.4 is 5.73 Å². The van der Waals surface area contributed by atoms with Gasteiger partial charge in [0.05, 0.1) is 17.2 Å². The molecule has 1 aliphatic rings. The standard InChI is InChI=1S/C14H21F3N2S/c1-12(2,3)10-8-20-11(19-10)13(18)6-4-5-9(7-13)14(15,16)17/h8-9H,4-7,18H2,1-3H3. The lowest BCUT2D eigenvalue weighted by Gasteiger charge is -2.37. The van der Waals surface area contributed by atoms with Gasteiger partial charge in [0.25, 0.3) is 0 Å². The second kappa shape index (κ2) is 4.98. The van der Waals surface area contributed by atoms with Crippen molar-refractivity contribution in [1.29, 1.82) is 0 Å². The highest BCUT2D eigenvalue weighted by Gasteiger charge is 2.47. The Morgan fingerprint density at radius 1 is 1.35 bits per heavy atom. The second-order valence-electron chi connectivity index (χ2n) is 6.78. The molecule has 1 fully saturated rings. The number of aromatic nitrogens is 1. The highest BCUT2D eigenvalue weighted by Crippen LogP contribution is 2.45. The van der Waals surface area contributed by atoms with Crippen molar-refractivity contribution in [3.05, 3.63) is 16.1 Å². The Bertz CT molecular complexity index is 475. The monoisotopic (exact) mass is 306 g/mol. The molecule has 2 unspecified atom stereocenters. The molecular formula is C14H21F3N2S. The van der Waals surface area contributed by atoms with E-state index in [1.54, 1.807) is 0 Å². The van der Waals surface area contributed by atoms with Gasteiger partial charge in [-0.2, -0.15) is 13.2 Å². The predicted molar refractivity (Wildman–Crippen MR) is 74.7 cm³/mol. The Morgan fingerprint density at radius 2 is 2.00 bits per heavy atom. The summed E-state index contributed by atoms with van der Waals surface area (Å²) < 4.78 is 38.8. The van der Waals surface area contributed by atoms with Crippen molar-refractivity contribution in [2.75, 3.05) is 0 Å². The Hall–Kier alpha value is -0.620. The van der Waals surface area contributed by atoms with Crippen LogP contribution in [0.15, 0.2) is 5.38 Å². The maximum Gasteiger partial charge on any atom is 0.391 e. The van der Waals surface area contributed by atoms with Gasteiger partial charge in [0.1, 0.15) is 5.01 Å². The summed E-state index contributed by atoms with van der Waals surface area (Å²) in [6, 6.07) is 0. The smallest absolute Gasteiger partial charge is 0.319 e. The van der Waals surface area contributed by atoms with Crippen LogP contribution in [0.1, 0.15) is 57.2 Å². The lowest BCUT2D eigenvalue weighted by Crippen LogP contribution is -2.44. The number of rotatable bonds is 1. The molecule has 0 amide bonds. The molecule has 1 heterocycles. The van der Waals surface area contributed by atoms with Gasteiger partial charge in [-0.1, -0.05) is 27.2 Å². The highest BCUT2D eigenvalue weighted by atomic mass is 32.1. The van der Waals surface area contributed by atoms with Crippen LogP contribution in [-0.4, -0.2) is 11.2 Å². The van der Waals surface area contributed by atoms with E-state index in [0.29, 0.717) is 17.8 Å². The Kier molecular flexibility index (Phi) is 3.93. The minimum Gasteiger partial charge on any atom is -0.319 e. The number of thiazole rings is 1. The van der Waals surface area contributed by atoms with Gasteiger partial charge in [-0.15, -0.1) is 11.3 Å².